The fourth-order valence-corrected chi connectivity index (χ4v) is 4.32. The van der Waals surface area contributed by atoms with Crippen LogP contribution in [-0.4, -0.2) is 29.8 Å². The number of benzene rings is 2. The molecule has 0 unspecified atom stereocenters. The van der Waals surface area contributed by atoms with Crippen molar-refractivity contribution in [3.63, 3.8) is 0 Å². The first-order chi connectivity index (χ1) is 17.3. The van der Waals surface area contributed by atoms with Crippen LogP contribution in [0.1, 0.15) is 56.4 Å². The molecule has 4 rings (SSSR count). The van der Waals surface area contributed by atoms with Crippen LogP contribution in [0.3, 0.4) is 0 Å². The molecule has 1 fully saturated rings. The van der Waals surface area contributed by atoms with Gasteiger partial charge in [0.1, 0.15) is 5.75 Å². The molecule has 36 heavy (non-hydrogen) atoms. The summed E-state index contributed by atoms with van der Waals surface area (Å²) in [6, 6.07) is 21.1. The van der Waals surface area contributed by atoms with Gasteiger partial charge in [-0.3, -0.25) is 4.98 Å². The maximum absolute atomic E-state index is 6.20. The number of hydrogen-bond acceptors (Lipinski definition) is 4. The second-order valence-electron chi connectivity index (χ2n) is 9.22. The van der Waals surface area contributed by atoms with E-state index in [0.29, 0.717) is 18.4 Å². The van der Waals surface area contributed by atoms with Crippen molar-refractivity contribution >= 4 is 35.9 Å². The molecule has 4 nitrogen and oxygen atoms in total. The number of anilines is 2. The number of halogens is 2. The molecule has 196 valence electrons. The first-order valence-electron chi connectivity index (χ1n) is 12.2. The van der Waals surface area contributed by atoms with Crippen molar-refractivity contribution in [1.29, 1.82) is 0 Å². The Morgan fingerprint density at radius 3 is 2.14 bits per heavy atom. The van der Waals surface area contributed by atoms with Gasteiger partial charge in [0.05, 0.1) is 12.3 Å². The van der Waals surface area contributed by atoms with Crippen LogP contribution in [0.5, 0.6) is 5.75 Å². The zero-order valence-electron chi connectivity index (χ0n) is 21.5. The fraction of sp³-hybridized carbons (Fsp3) is 0.345. The van der Waals surface area contributed by atoms with E-state index in [-0.39, 0.29) is 0 Å². The van der Waals surface area contributed by atoms with E-state index < -0.39 is 13.5 Å². The van der Waals surface area contributed by atoms with Gasteiger partial charge in [0.25, 0.3) is 0 Å². The Morgan fingerprint density at radius 1 is 0.917 bits per heavy atom. The fourth-order valence-electron chi connectivity index (χ4n) is 4.32. The first kappa shape index (κ1) is 28.6. The molecule has 1 aromatic heterocycles. The molecule has 0 aliphatic carbocycles. The standard InChI is InChI=1S/C28H34N3O.CH2.2ClH.Ru/c1-21(2)24-11-9-12-25(22(3)4)28(24)31-18-17-30(20-31)26-13-5-6-14-27(26)32-19-15-23-10-7-8-16-29-23;;;;/h5-14,16,20-22H,15,17-19H2,1-4H3;1H2;2*1H;/q-1;;;;+2/p-2. The summed E-state index contributed by atoms with van der Waals surface area (Å²) in [6.45, 7) is 13.9. The molecule has 1 saturated heterocycles. The summed E-state index contributed by atoms with van der Waals surface area (Å²) in [5.41, 5.74) is 6.36. The molecule has 1 aliphatic heterocycles. The Morgan fingerprint density at radius 2 is 1.53 bits per heavy atom. The van der Waals surface area contributed by atoms with Crippen LogP contribution < -0.4 is 14.5 Å². The van der Waals surface area contributed by atoms with E-state index >= 15 is 0 Å². The van der Waals surface area contributed by atoms with Gasteiger partial charge in [0.2, 0.25) is 0 Å². The summed E-state index contributed by atoms with van der Waals surface area (Å²) in [5.74, 6) is 1.88. The number of para-hydroxylation sites is 3. The van der Waals surface area contributed by atoms with Gasteiger partial charge in [-0.1, -0.05) is 64.1 Å². The molecule has 0 spiro atoms. The van der Waals surface area contributed by atoms with E-state index in [0.717, 1.165) is 36.6 Å². The average molecular weight is 615 g/mol. The summed E-state index contributed by atoms with van der Waals surface area (Å²) in [4.78, 5) is 9.14. The van der Waals surface area contributed by atoms with Crippen LogP contribution in [0.4, 0.5) is 11.4 Å². The van der Waals surface area contributed by atoms with Crippen LogP contribution in [0, 0.1) is 6.67 Å². The van der Waals surface area contributed by atoms with E-state index in [9.17, 15) is 0 Å². The van der Waals surface area contributed by atoms with Gasteiger partial charge < -0.3 is 14.5 Å². The van der Waals surface area contributed by atoms with Gasteiger partial charge in [-0.15, -0.1) is 0 Å². The molecular formula is C29H36Cl2N3ORu-. The van der Waals surface area contributed by atoms with Gasteiger partial charge in [0, 0.05) is 37.1 Å². The third-order valence-electron chi connectivity index (χ3n) is 6.01. The van der Waals surface area contributed by atoms with Crippen molar-refractivity contribution < 1.29 is 18.3 Å². The third-order valence-corrected chi connectivity index (χ3v) is 6.01. The average Bonchev–Trinajstić information content (AvgIpc) is 3.34. The zero-order chi connectivity index (χ0) is 26.1. The molecular weight excluding hydrogens is 578 g/mol. The molecule has 0 radical (unpaired) electrons. The molecule has 0 atom stereocenters. The van der Waals surface area contributed by atoms with Crippen molar-refractivity contribution in [1.82, 2.24) is 4.98 Å². The Kier molecular flexibility index (Phi) is 11.2. The molecule has 0 amide bonds. The molecule has 2 aromatic carbocycles. The predicted molar refractivity (Wildman–Crippen MR) is 152 cm³/mol. The summed E-state index contributed by atoms with van der Waals surface area (Å²) < 4.78 is 6.20. The summed E-state index contributed by atoms with van der Waals surface area (Å²) >= 11 is -1.48. The van der Waals surface area contributed by atoms with E-state index in [1.54, 1.807) is 0 Å². The maximum atomic E-state index is 6.20. The van der Waals surface area contributed by atoms with Gasteiger partial charge in [-0.25, -0.2) is 0 Å². The van der Waals surface area contributed by atoms with Crippen LogP contribution in [0.2, 0.25) is 0 Å². The Bertz CT molecular complexity index is 1090. The summed E-state index contributed by atoms with van der Waals surface area (Å²) in [6.07, 6.45) is 2.63. The van der Waals surface area contributed by atoms with Crippen LogP contribution >= 0.6 is 19.4 Å². The van der Waals surface area contributed by atoms with Crippen LogP contribution in [0.25, 0.3) is 0 Å². The molecule has 0 bridgehead atoms. The summed E-state index contributed by atoms with van der Waals surface area (Å²) in [7, 11) is 10.1. The zero-order valence-corrected chi connectivity index (χ0v) is 24.7. The Hall–Kier alpha value is -1.94. The number of rotatable bonds is 8. The molecule has 0 saturated carbocycles. The molecule has 2 heterocycles. The number of ether oxygens (including phenoxy) is 1. The number of hydrogen-bond donors (Lipinski definition) is 0. The second kappa shape index (κ2) is 14.1. The predicted octanol–water partition coefficient (Wildman–Crippen LogP) is 7.74. The van der Waals surface area contributed by atoms with Crippen LogP contribution in [-0.2, 0) is 19.9 Å². The topological polar surface area (TPSA) is 28.6 Å². The Labute approximate surface area is 229 Å². The summed E-state index contributed by atoms with van der Waals surface area (Å²) in [5, 5.41) is 3.31. The number of aromatic nitrogens is 1. The van der Waals surface area contributed by atoms with Gasteiger partial charge in [0.15, 0.2) is 0 Å². The van der Waals surface area contributed by atoms with E-state index in [1.165, 1.54) is 16.8 Å². The van der Waals surface area contributed by atoms with Gasteiger partial charge in [-0.2, -0.15) is 6.67 Å². The minimum absolute atomic E-state index is 0.480. The van der Waals surface area contributed by atoms with Crippen LogP contribution in [0.15, 0.2) is 66.9 Å². The number of pyridine rings is 1. The monoisotopic (exact) mass is 614 g/mol. The van der Waals surface area contributed by atoms with Gasteiger partial charge >= 0.3 is 38.0 Å². The normalized spacial score (nSPS) is 13.6. The Balaban J connectivity index is 0.000000840. The van der Waals surface area contributed by atoms with Crippen molar-refractivity contribution in [2.24, 2.45) is 0 Å². The van der Waals surface area contributed by atoms with Crippen molar-refractivity contribution in [2.45, 2.75) is 46.0 Å². The molecule has 7 heteroatoms. The minimum atomic E-state index is -1.48. The van der Waals surface area contributed by atoms with Crippen molar-refractivity contribution in [2.75, 3.05) is 29.5 Å². The van der Waals surface area contributed by atoms with Crippen molar-refractivity contribution in [3.8, 4) is 5.75 Å². The molecule has 1 aliphatic rings. The number of nitrogens with zero attached hydrogens (tertiary/aromatic N) is 3. The third kappa shape index (κ3) is 8.03. The van der Waals surface area contributed by atoms with Crippen molar-refractivity contribution in [3.05, 3.63) is 90.4 Å². The van der Waals surface area contributed by atoms with E-state index in [2.05, 4.69) is 90.7 Å². The molecule has 3 aromatic rings. The van der Waals surface area contributed by atoms with Gasteiger partial charge in [-0.05, 0) is 47.2 Å². The molecule has 0 N–H and O–H groups in total. The quantitative estimate of drug-likeness (QED) is 0.192. The van der Waals surface area contributed by atoms with E-state index in [4.69, 9.17) is 24.1 Å². The first-order valence-corrected chi connectivity index (χ1v) is 17.9. The second-order valence-corrected chi connectivity index (χ2v) is 15.0. The SMILES string of the molecule is CC(C)c1cccc(C(C)C)c1N1[CH-]N(c2ccccc2OCCc2ccccn2)CC1.[CH2]=[Ru]([Cl])[Cl]. The van der Waals surface area contributed by atoms with E-state index in [1.807, 2.05) is 30.5 Å².